The lowest BCUT2D eigenvalue weighted by Gasteiger charge is -2.19. The number of nitrogens with zero attached hydrogens (tertiary/aromatic N) is 1. The number of aliphatic hydroxyl groups is 1. The monoisotopic (exact) mass is 315 g/mol. The van der Waals surface area contributed by atoms with E-state index in [0.29, 0.717) is 5.56 Å². The van der Waals surface area contributed by atoms with E-state index in [-0.39, 0.29) is 18.9 Å². The van der Waals surface area contributed by atoms with Crippen LogP contribution in [0.4, 0.5) is 5.69 Å². The summed E-state index contributed by atoms with van der Waals surface area (Å²) in [5.41, 5.74) is 0.185. The van der Waals surface area contributed by atoms with Crippen LogP contribution >= 0.6 is 7.60 Å². The Balaban J connectivity index is 2.98. The first-order chi connectivity index (χ1) is 9.94. The maximum absolute atomic E-state index is 12.3. The van der Waals surface area contributed by atoms with E-state index in [9.17, 15) is 19.8 Å². The van der Waals surface area contributed by atoms with Crippen molar-refractivity contribution in [1.29, 1.82) is 0 Å². The number of nitro groups is 1. The molecule has 1 aromatic rings. The van der Waals surface area contributed by atoms with Gasteiger partial charge >= 0.3 is 7.60 Å². The Bertz CT molecular complexity index is 549. The van der Waals surface area contributed by atoms with Gasteiger partial charge in [0.25, 0.3) is 5.69 Å². The van der Waals surface area contributed by atoms with E-state index in [1.807, 2.05) is 0 Å². The number of nitro benzene ring substituents is 1. The standard InChI is InChI=1S/C13H18NO6P/c1-3-19-21(18,20-4-2)13(15)10-9-11-7-5-6-8-12(11)14(16)17/h5-10,13,15H,3-4H2,1-2H3/b10-9+. The van der Waals surface area contributed by atoms with Crippen molar-refractivity contribution in [2.45, 2.75) is 19.7 Å². The minimum Gasteiger partial charge on any atom is -0.377 e. The maximum Gasteiger partial charge on any atom is 0.362 e. The van der Waals surface area contributed by atoms with Crippen molar-refractivity contribution in [2.24, 2.45) is 0 Å². The zero-order chi connectivity index (χ0) is 15.9. The Morgan fingerprint density at radius 3 is 2.43 bits per heavy atom. The quantitative estimate of drug-likeness (QED) is 0.449. The first-order valence-corrected chi connectivity index (χ1v) is 8.04. The fourth-order valence-electron chi connectivity index (χ4n) is 1.64. The third kappa shape index (κ3) is 4.75. The van der Waals surface area contributed by atoms with Crippen molar-refractivity contribution in [1.82, 2.24) is 0 Å². The molecule has 0 fully saturated rings. The molecule has 1 aromatic carbocycles. The van der Waals surface area contributed by atoms with Gasteiger partial charge in [-0.05, 0) is 32.1 Å². The van der Waals surface area contributed by atoms with Crippen LogP contribution in [0, 0.1) is 10.1 Å². The number of hydrogen-bond acceptors (Lipinski definition) is 6. The Kier molecular flexibility index (Phi) is 6.71. The van der Waals surface area contributed by atoms with E-state index in [4.69, 9.17) is 9.05 Å². The Morgan fingerprint density at radius 1 is 1.33 bits per heavy atom. The number of hydrogen-bond donors (Lipinski definition) is 1. The lowest BCUT2D eigenvalue weighted by atomic mass is 10.1. The Morgan fingerprint density at radius 2 is 1.90 bits per heavy atom. The van der Waals surface area contributed by atoms with E-state index >= 15 is 0 Å². The van der Waals surface area contributed by atoms with E-state index in [1.165, 1.54) is 30.4 Å². The minimum atomic E-state index is -3.69. The third-order valence-corrected chi connectivity index (χ3v) is 4.58. The van der Waals surface area contributed by atoms with Crippen molar-refractivity contribution < 1.29 is 23.6 Å². The van der Waals surface area contributed by atoms with Crippen molar-refractivity contribution in [3.8, 4) is 0 Å². The smallest absolute Gasteiger partial charge is 0.362 e. The van der Waals surface area contributed by atoms with Gasteiger partial charge in [0.2, 0.25) is 0 Å². The predicted molar refractivity (Wildman–Crippen MR) is 79.0 cm³/mol. The maximum atomic E-state index is 12.3. The van der Waals surface area contributed by atoms with Crippen LogP contribution in [0.15, 0.2) is 30.3 Å². The zero-order valence-electron chi connectivity index (χ0n) is 11.8. The lowest BCUT2D eigenvalue weighted by molar-refractivity contribution is -0.385. The first-order valence-electron chi connectivity index (χ1n) is 6.43. The van der Waals surface area contributed by atoms with E-state index in [0.717, 1.165) is 0 Å². The summed E-state index contributed by atoms with van der Waals surface area (Å²) in [7, 11) is -3.69. The molecule has 1 N–H and O–H groups in total. The molecule has 0 heterocycles. The largest absolute Gasteiger partial charge is 0.377 e. The predicted octanol–water partition coefficient (Wildman–Crippen LogP) is 3.19. The van der Waals surface area contributed by atoms with Gasteiger partial charge < -0.3 is 14.2 Å². The van der Waals surface area contributed by atoms with Crippen molar-refractivity contribution in [2.75, 3.05) is 13.2 Å². The van der Waals surface area contributed by atoms with Gasteiger partial charge in [-0.1, -0.05) is 12.1 Å². The van der Waals surface area contributed by atoms with Gasteiger partial charge in [0, 0.05) is 6.07 Å². The molecule has 0 saturated heterocycles. The molecule has 0 spiro atoms. The molecule has 7 nitrogen and oxygen atoms in total. The SMILES string of the molecule is CCOP(=O)(OCC)C(O)/C=C/c1ccccc1[N+](=O)[O-]. The molecular formula is C13H18NO6P. The van der Waals surface area contributed by atoms with Crippen LogP contribution in [0.25, 0.3) is 6.08 Å². The molecule has 116 valence electrons. The summed E-state index contributed by atoms with van der Waals surface area (Å²) in [6.07, 6.45) is 2.50. The van der Waals surface area contributed by atoms with Gasteiger partial charge in [-0.15, -0.1) is 0 Å². The summed E-state index contributed by atoms with van der Waals surface area (Å²) in [4.78, 5) is 10.3. The summed E-state index contributed by atoms with van der Waals surface area (Å²) in [6, 6.07) is 6.03. The van der Waals surface area contributed by atoms with Gasteiger partial charge in [-0.2, -0.15) is 0 Å². The second kappa shape index (κ2) is 8.05. The van der Waals surface area contributed by atoms with Crippen LogP contribution < -0.4 is 0 Å². The fourth-order valence-corrected chi connectivity index (χ4v) is 3.04. The summed E-state index contributed by atoms with van der Waals surface area (Å²) in [5.74, 6) is -1.49. The van der Waals surface area contributed by atoms with Crippen LogP contribution in [-0.4, -0.2) is 29.1 Å². The Hall–Kier alpha value is -1.53. The topological polar surface area (TPSA) is 98.9 Å². The van der Waals surface area contributed by atoms with Gasteiger partial charge in [0.1, 0.15) is 0 Å². The molecule has 0 bridgehead atoms. The second-order valence-corrected chi connectivity index (χ2v) is 6.09. The van der Waals surface area contributed by atoms with E-state index < -0.39 is 18.4 Å². The molecule has 0 amide bonds. The molecule has 8 heteroatoms. The molecule has 0 aliphatic carbocycles. The molecule has 0 aromatic heterocycles. The van der Waals surface area contributed by atoms with Gasteiger partial charge in [-0.25, -0.2) is 0 Å². The number of aliphatic hydroxyl groups excluding tert-OH is 1. The van der Waals surface area contributed by atoms with Gasteiger partial charge in [0.15, 0.2) is 5.85 Å². The number of para-hydroxylation sites is 1. The number of benzene rings is 1. The van der Waals surface area contributed by atoms with Crippen LogP contribution in [0.5, 0.6) is 0 Å². The molecule has 1 atom stereocenters. The molecule has 1 rings (SSSR count). The molecule has 0 aliphatic rings. The van der Waals surface area contributed by atoms with Crippen molar-refractivity contribution in [3.05, 3.63) is 46.0 Å². The van der Waals surface area contributed by atoms with Crippen LogP contribution in [0.2, 0.25) is 0 Å². The Labute approximate surface area is 122 Å². The molecule has 0 aliphatic heterocycles. The van der Waals surface area contributed by atoms with Crippen LogP contribution in [0.1, 0.15) is 19.4 Å². The average molecular weight is 315 g/mol. The van der Waals surface area contributed by atoms with Crippen molar-refractivity contribution in [3.63, 3.8) is 0 Å². The molecular weight excluding hydrogens is 297 g/mol. The highest BCUT2D eigenvalue weighted by Gasteiger charge is 2.32. The van der Waals surface area contributed by atoms with Crippen LogP contribution in [-0.2, 0) is 13.6 Å². The highest BCUT2D eigenvalue weighted by atomic mass is 31.2. The van der Waals surface area contributed by atoms with Gasteiger partial charge in [-0.3, -0.25) is 14.7 Å². The molecule has 0 saturated carbocycles. The normalized spacial score (nSPS) is 13.5. The second-order valence-electron chi connectivity index (χ2n) is 3.96. The van der Waals surface area contributed by atoms with Crippen LogP contribution in [0.3, 0.4) is 0 Å². The van der Waals surface area contributed by atoms with Gasteiger partial charge in [0.05, 0.1) is 23.7 Å². The molecule has 21 heavy (non-hydrogen) atoms. The highest BCUT2D eigenvalue weighted by molar-refractivity contribution is 7.54. The summed E-state index contributed by atoms with van der Waals surface area (Å²) >= 11 is 0. The summed E-state index contributed by atoms with van der Waals surface area (Å²) < 4.78 is 22.3. The summed E-state index contributed by atoms with van der Waals surface area (Å²) in [6.45, 7) is 3.50. The van der Waals surface area contributed by atoms with Crippen molar-refractivity contribution >= 4 is 19.4 Å². The molecule has 1 unspecified atom stereocenters. The fraction of sp³-hybridized carbons (Fsp3) is 0.385. The van der Waals surface area contributed by atoms with E-state index in [2.05, 4.69) is 0 Å². The van der Waals surface area contributed by atoms with E-state index in [1.54, 1.807) is 19.9 Å². The number of rotatable bonds is 8. The minimum absolute atomic E-state index is 0.108. The highest BCUT2D eigenvalue weighted by Crippen LogP contribution is 2.52. The lowest BCUT2D eigenvalue weighted by Crippen LogP contribution is -2.10. The average Bonchev–Trinajstić information content (AvgIpc) is 2.45. The third-order valence-electron chi connectivity index (χ3n) is 2.52. The summed E-state index contributed by atoms with van der Waals surface area (Å²) in [5, 5.41) is 20.8. The first kappa shape index (κ1) is 17.5. The zero-order valence-corrected chi connectivity index (χ0v) is 12.7. The molecule has 0 radical (unpaired) electrons.